The van der Waals surface area contributed by atoms with Gasteiger partial charge in [0.1, 0.15) is 0 Å². The Morgan fingerprint density at radius 1 is 1.33 bits per heavy atom. The van der Waals surface area contributed by atoms with E-state index in [0.29, 0.717) is 21.4 Å². The van der Waals surface area contributed by atoms with E-state index < -0.39 is 10.8 Å². The number of hydrogen-bond donors (Lipinski definition) is 1. The molecule has 6 heteroatoms. The van der Waals surface area contributed by atoms with E-state index >= 15 is 0 Å². The quantitative estimate of drug-likeness (QED) is 0.868. The second-order valence-electron chi connectivity index (χ2n) is 3.62. The van der Waals surface area contributed by atoms with E-state index in [1.54, 1.807) is 24.4 Å². The van der Waals surface area contributed by atoms with E-state index in [1.807, 2.05) is 12.1 Å². The highest BCUT2D eigenvalue weighted by Gasteiger charge is 2.13. The summed E-state index contributed by atoms with van der Waals surface area (Å²) in [6.07, 6.45) is 1.67. The average molecular weight is 346 g/mol. The molecule has 1 unspecified atom stereocenters. The number of hydrogen-bond acceptors (Lipinski definition) is 3. The molecule has 0 aliphatic heterocycles. The van der Waals surface area contributed by atoms with Gasteiger partial charge in [0.2, 0.25) is 0 Å². The lowest BCUT2D eigenvalue weighted by atomic mass is 10.3. The number of aromatic nitrogens is 1. The third kappa shape index (κ3) is 3.10. The van der Waals surface area contributed by atoms with Crippen molar-refractivity contribution in [2.75, 3.05) is 5.73 Å². The first-order valence-electron chi connectivity index (χ1n) is 5.10. The van der Waals surface area contributed by atoms with Crippen LogP contribution in [-0.4, -0.2) is 9.19 Å². The smallest absolute Gasteiger partial charge is 0.0807 e. The van der Waals surface area contributed by atoms with Crippen molar-refractivity contribution in [3.05, 3.63) is 51.7 Å². The predicted octanol–water partition coefficient (Wildman–Crippen LogP) is 3.39. The second kappa shape index (κ2) is 5.82. The summed E-state index contributed by atoms with van der Waals surface area (Å²) in [6, 6.07) is 8.77. The lowest BCUT2D eigenvalue weighted by Crippen LogP contribution is -2.03. The molecule has 18 heavy (non-hydrogen) atoms. The van der Waals surface area contributed by atoms with Gasteiger partial charge in [-0.05, 0) is 40.2 Å². The fourth-order valence-electron chi connectivity index (χ4n) is 1.46. The zero-order chi connectivity index (χ0) is 13.1. The van der Waals surface area contributed by atoms with E-state index in [-0.39, 0.29) is 0 Å². The second-order valence-corrected chi connectivity index (χ2v) is 6.33. The predicted molar refractivity (Wildman–Crippen MR) is 77.9 cm³/mol. The van der Waals surface area contributed by atoms with Crippen molar-refractivity contribution < 1.29 is 4.21 Å². The standard InChI is InChI=1S/C12H10BrClN2OS/c13-8-4-5-9(16-6-8)7-18(17)12-10(14)2-1-3-11(12)15/h1-6H,7,15H2. The van der Waals surface area contributed by atoms with Crippen molar-refractivity contribution in [1.82, 2.24) is 4.98 Å². The Kier molecular flexibility index (Phi) is 4.37. The largest absolute Gasteiger partial charge is 0.398 e. The summed E-state index contributed by atoms with van der Waals surface area (Å²) in [5.74, 6) is 0.293. The van der Waals surface area contributed by atoms with Gasteiger partial charge >= 0.3 is 0 Å². The summed E-state index contributed by atoms with van der Waals surface area (Å²) in [5.41, 5.74) is 6.97. The fraction of sp³-hybridized carbons (Fsp3) is 0.0833. The molecule has 0 saturated carbocycles. The summed E-state index contributed by atoms with van der Waals surface area (Å²) < 4.78 is 13.1. The normalized spacial score (nSPS) is 12.3. The van der Waals surface area contributed by atoms with Crippen molar-refractivity contribution in [3.8, 4) is 0 Å². The van der Waals surface area contributed by atoms with Crippen LogP contribution < -0.4 is 5.73 Å². The first-order valence-corrected chi connectivity index (χ1v) is 7.59. The zero-order valence-electron chi connectivity index (χ0n) is 9.27. The van der Waals surface area contributed by atoms with Crippen LogP contribution in [0.5, 0.6) is 0 Å². The van der Waals surface area contributed by atoms with Crippen LogP contribution in [-0.2, 0) is 16.6 Å². The van der Waals surface area contributed by atoms with Gasteiger partial charge in [-0.3, -0.25) is 9.19 Å². The van der Waals surface area contributed by atoms with E-state index in [2.05, 4.69) is 20.9 Å². The third-order valence-electron chi connectivity index (χ3n) is 2.29. The van der Waals surface area contributed by atoms with Gasteiger partial charge in [0, 0.05) is 16.4 Å². The van der Waals surface area contributed by atoms with Crippen LogP contribution in [0, 0.1) is 0 Å². The molecule has 1 atom stereocenters. The van der Waals surface area contributed by atoms with Gasteiger partial charge in [0.15, 0.2) is 0 Å². The maximum Gasteiger partial charge on any atom is 0.0807 e. The summed E-state index contributed by atoms with van der Waals surface area (Å²) in [6.45, 7) is 0. The Hall–Kier alpha value is -0.910. The van der Waals surface area contributed by atoms with Crippen molar-refractivity contribution >= 4 is 44.0 Å². The van der Waals surface area contributed by atoms with Crippen LogP contribution in [0.15, 0.2) is 45.9 Å². The highest BCUT2D eigenvalue weighted by molar-refractivity contribution is 9.10. The Morgan fingerprint density at radius 2 is 2.11 bits per heavy atom. The Labute approximate surface area is 121 Å². The van der Waals surface area contributed by atoms with E-state index in [1.165, 1.54) is 0 Å². The van der Waals surface area contributed by atoms with Crippen molar-refractivity contribution in [2.45, 2.75) is 10.6 Å². The molecule has 2 rings (SSSR count). The average Bonchev–Trinajstić information content (AvgIpc) is 2.32. The molecule has 0 aliphatic carbocycles. The highest BCUT2D eigenvalue weighted by Crippen LogP contribution is 2.27. The van der Waals surface area contributed by atoms with Crippen molar-refractivity contribution in [3.63, 3.8) is 0 Å². The number of nitrogen functional groups attached to an aromatic ring is 1. The van der Waals surface area contributed by atoms with Crippen LogP contribution in [0.3, 0.4) is 0 Å². The Bertz CT molecular complexity index is 569. The molecule has 0 radical (unpaired) electrons. The van der Waals surface area contributed by atoms with E-state index in [4.69, 9.17) is 17.3 Å². The van der Waals surface area contributed by atoms with Crippen molar-refractivity contribution in [1.29, 1.82) is 0 Å². The fourth-order valence-corrected chi connectivity index (χ4v) is 3.34. The minimum absolute atomic E-state index is 0.293. The molecule has 0 aliphatic rings. The Morgan fingerprint density at radius 3 is 2.72 bits per heavy atom. The number of pyridine rings is 1. The molecule has 94 valence electrons. The number of nitrogens with zero attached hydrogens (tertiary/aromatic N) is 1. The molecule has 0 fully saturated rings. The zero-order valence-corrected chi connectivity index (χ0v) is 12.4. The van der Waals surface area contributed by atoms with Gasteiger partial charge in [-0.1, -0.05) is 17.7 Å². The maximum atomic E-state index is 12.2. The molecule has 0 saturated heterocycles. The third-order valence-corrected chi connectivity index (χ3v) is 4.66. The van der Waals surface area contributed by atoms with Crippen LogP contribution in [0.2, 0.25) is 5.02 Å². The van der Waals surface area contributed by atoms with Crippen LogP contribution >= 0.6 is 27.5 Å². The van der Waals surface area contributed by atoms with Crippen molar-refractivity contribution in [2.24, 2.45) is 0 Å². The van der Waals surface area contributed by atoms with Crippen LogP contribution in [0.25, 0.3) is 0 Å². The number of halogens is 2. The number of anilines is 1. The molecule has 1 aromatic heterocycles. The number of rotatable bonds is 3. The van der Waals surface area contributed by atoms with Gasteiger partial charge in [0.25, 0.3) is 0 Å². The molecule has 3 nitrogen and oxygen atoms in total. The number of nitrogens with two attached hydrogens (primary N) is 1. The first kappa shape index (κ1) is 13.5. The molecule has 0 spiro atoms. The van der Waals surface area contributed by atoms with E-state index in [9.17, 15) is 4.21 Å². The van der Waals surface area contributed by atoms with Gasteiger partial charge in [-0.15, -0.1) is 0 Å². The molecule has 1 aromatic carbocycles. The SMILES string of the molecule is Nc1cccc(Cl)c1S(=O)Cc1ccc(Br)cn1. The van der Waals surface area contributed by atoms with Crippen LogP contribution in [0.4, 0.5) is 5.69 Å². The minimum atomic E-state index is -1.30. The minimum Gasteiger partial charge on any atom is -0.398 e. The molecule has 2 aromatic rings. The van der Waals surface area contributed by atoms with Gasteiger partial charge in [0.05, 0.1) is 32.2 Å². The van der Waals surface area contributed by atoms with Crippen LogP contribution in [0.1, 0.15) is 5.69 Å². The van der Waals surface area contributed by atoms with Gasteiger partial charge < -0.3 is 5.73 Å². The highest BCUT2D eigenvalue weighted by atomic mass is 79.9. The molecular formula is C12H10BrClN2OS. The van der Waals surface area contributed by atoms with Gasteiger partial charge in [-0.2, -0.15) is 0 Å². The molecule has 0 amide bonds. The number of benzene rings is 1. The maximum absolute atomic E-state index is 12.2. The topological polar surface area (TPSA) is 56.0 Å². The lowest BCUT2D eigenvalue weighted by Gasteiger charge is -2.07. The molecular weight excluding hydrogens is 336 g/mol. The van der Waals surface area contributed by atoms with E-state index in [0.717, 1.165) is 10.2 Å². The summed E-state index contributed by atoms with van der Waals surface area (Å²) in [5, 5.41) is 0.422. The molecule has 1 heterocycles. The summed E-state index contributed by atoms with van der Waals surface area (Å²) >= 11 is 9.32. The Balaban J connectivity index is 2.25. The molecule has 0 bridgehead atoms. The lowest BCUT2D eigenvalue weighted by molar-refractivity contribution is 0.682. The molecule has 2 N–H and O–H groups in total. The summed E-state index contributed by atoms with van der Waals surface area (Å²) in [4.78, 5) is 4.66. The first-order chi connectivity index (χ1) is 8.58. The summed E-state index contributed by atoms with van der Waals surface area (Å²) in [7, 11) is -1.30. The monoisotopic (exact) mass is 344 g/mol. The van der Waals surface area contributed by atoms with Gasteiger partial charge in [-0.25, -0.2) is 0 Å².